The first-order chi connectivity index (χ1) is 12.5. The first-order valence-electron chi connectivity index (χ1n) is 7.85. The van der Waals surface area contributed by atoms with Crippen LogP contribution in [0.2, 0.25) is 0 Å². The summed E-state index contributed by atoms with van der Waals surface area (Å²) in [6.07, 6.45) is 5.47. The van der Waals surface area contributed by atoms with Gasteiger partial charge in [-0.25, -0.2) is 15.0 Å². The van der Waals surface area contributed by atoms with Gasteiger partial charge in [0.25, 0.3) is 5.91 Å². The molecule has 4 aromatic rings. The molecule has 26 heavy (non-hydrogen) atoms. The Morgan fingerprint density at radius 3 is 2.85 bits per heavy atom. The average molecular weight is 412 g/mol. The van der Waals surface area contributed by atoms with Gasteiger partial charge in [-0.1, -0.05) is 12.1 Å². The Balaban J connectivity index is 1.63. The minimum Gasteiger partial charge on any atom is -0.436 e. The zero-order valence-electron chi connectivity index (χ0n) is 14.0. The highest BCUT2D eigenvalue weighted by atomic mass is 79.9. The fourth-order valence-electron chi connectivity index (χ4n) is 2.69. The molecule has 0 unspecified atom stereocenters. The second kappa shape index (κ2) is 6.38. The van der Waals surface area contributed by atoms with E-state index in [2.05, 4.69) is 36.2 Å². The number of rotatable bonds is 3. The van der Waals surface area contributed by atoms with E-state index in [1.807, 2.05) is 41.1 Å². The molecule has 7 nitrogen and oxygen atoms in total. The minimum absolute atomic E-state index is 0.217. The van der Waals surface area contributed by atoms with Crippen LogP contribution in [0.5, 0.6) is 0 Å². The maximum absolute atomic E-state index is 12.4. The molecular formula is C18H14BrN5O2. The monoisotopic (exact) mass is 411 g/mol. The number of hydrogen-bond acceptors (Lipinski definition) is 5. The second-order valence-corrected chi connectivity index (χ2v) is 6.70. The highest BCUT2D eigenvalue weighted by Gasteiger charge is 2.16. The number of amides is 1. The highest BCUT2D eigenvalue weighted by molar-refractivity contribution is 9.10. The molecule has 4 rings (SSSR count). The van der Waals surface area contributed by atoms with Crippen molar-refractivity contribution in [1.29, 1.82) is 0 Å². The van der Waals surface area contributed by atoms with Crippen molar-refractivity contribution in [3.8, 4) is 11.3 Å². The summed E-state index contributed by atoms with van der Waals surface area (Å²) >= 11 is 3.39. The maximum atomic E-state index is 12.4. The van der Waals surface area contributed by atoms with Gasteiger partial charge in [-0.3, -0.25) is 9.20 Å². The molecule has 0 radical (unpaired) electrons. The summed E-state index contributed by atoms with van der Waals surface area (Å²) in [5.41, 5.74) is 2.84. The smallest absolute Gasteiger partial charge is 0.293 e. The number of aromatic nitrogens is 4. The molecule has 1 aromatic carbocycles. The molecular weight excluding hydrogens is 398 g/mol. The predicted molar refractivity (Wildman–Crippen MR) is 100 cm³/mol. The molecule has 1 amide bonds. The lowest BCUT2D eigenvalue weighted by Crippen LogP contribution is -2.12. The van der Waals surface area contributed by atoms with Gasteiger partial charge < -0.3 is 9.73 Å². The van der Waals surface area contributed by atoms with E-state index in [0.29, 0.717) is 23.0 Å². The molecule has 0 aliphatic carbocycles. The van der Waals surface area contributed by atoms with Crippen molar-refractivity contribution in [3.05, 3.63) is 64.7 Å². The highest BCUT2D eigenvalue weighted by Crippen LogP contribution is 2.23. The molecule has 0 aliphatic rings. The Bertz CT molecular complexity index is 1130. The Kier molecular flexibility index (Phi) is 4.04. The van der Waals surface area contributed by atoms with Gasteiger partial charge in [0.05, 0.1) is 15.9 Å². The van der Waals surface area contributed by atoms with Crippen LogP contribution in [0.25, 0.3) is 17.0 Å². The van der Waals surface area contributed by atoms with Crippen LogP contribution >= 0.6 is 15.9 Å². The number of oxazole rings is 1. The van der Waals surface area contributed by atoms with E-state index in [0.717, 1.165) is 15.7 Å². The van der Waals surface area contributed by atoms with Crippen molar-refractivity contribution in [2.75, 3.05) is 5.32 Å². The third-order valence-corrected chi connectivity index (χ3v) is 4.21. The fourth-order valence-corrected chi connectivity index (χ4v) is 3.01. The number of imidazole rings is 1. The standard InChI is InChI=1S/C18H14BrN5O2/c1-10-16(26-11(2)21-10)17(25)22-14-5-3-4-12(6-14)15-9-24-8-13(19)7-20-18(24)23-15/h3-9H,1-2H3,(H,22,25). The summed E-state index contributed by atoms with van der Waals surface area (Å²) in [5.74, 6) is 0.950. The van der Waals surface area contributed by atoms with E-state index in [4.69, 9.17) is 4.42 Å². The van der Waals surface area contributed by atoms with Gasteiger partial charge in [0.2, 0.25) is 11.5 Å². The van der Waals surface area contributed by atoms with Gasteiger partial charge in [0, 0.05) is 36.8 Å². The molecule has 1 N–H and O–H groups in total. The third-order valence-electron chi connectivity index (χ3n) is 3.80. The molecule has 3 heterocycles. The van der Waals surface area contributed by atoms with Crippen molar-refractivity contribution >= 4 is 33.3 Å². The zero-order chi connectivity index (χ0) is 18.3. The number of fused-ring (bicyclic) bond motifs is 1. The number of carbonyl (C=O) groups excluding carboxylic acids is 1. The number of halogens is 1. The molecule has 0 bridgehead atoms. The number of nitrogens with one attached hydrogen (secondary N) is 1. The lowest BCUT2D eigenvalue weighted by atomic mass is 10.1. The summed E-state index contributed by atoms with van der Waals surface area (Å²) in [6, 6.07) is 7.45. The van der Waals surface area contributed by atoms with Crippen LogP contribution in [0.1, 0.15) is 22.1 Å². The molecule has 8 heteroatoms. The minimum atomic E-state index is -0.333. The van der Waals surface area contributed by atoms with Crippen LogP contribution in [-0.2, 0) is 0 Å². The topological polar surface area (TPSA) is 85.3 Å². The normalized spacial score (nSPS) is 11.0. The van der Waals surface area contributed by atoms with Gasteiger partial charge in [-0.05, 0) is 35.0 Å². The Hall–Kier alpha value is -3.00. The van der Waals surface area contributed by atoms with Crippen molar-refractivity contribution in [3.63, 3.8) is 0 Å². The average Bonchev–Trinajstić information content (AvgIpc) is 3.17. The number of carbonyl (C=O) groups is 1. The number of anilines is 1. The van der Waals surface area contributed by atoms with E-state index in [1.54, 1.807) is 20.0 Å². The van der Waals surface area contributed by atoms with Crippen molar-refractivity contribution in [1.82, 2.24) is 19.4 Å². The van der Waals surface area contributed by atoms with E-state index < -0.39 is 0 Å². The van der Waals surface area contributed by atoms with E-state index >= 15 is 0 Å². The molecule has 0 spiro atoms. The number of nitrogens with zero attached hydrogens (tertiary/aromatic N) is 4. The second-order valence-electron chi connectivity index (χ2n) is 5.79. The largest absolute Gasteiger partial charge is 0.436 e. The summed E-state index contributed by atoms with van der Waals surface area (Å²) < 4.78 is 8.07. The van der Waals surface area contributed by atoms with Crippen molar-refractivity contribution in [2.24, 2.45) is 0 Å². The van der Waals surface area contributed by atoms with Gasteiger partial charge >= 0.3 is 0 Å². The van der Waals surface area contributed by atoms with Crippen LogP contribution in [0, 0.1) is 13.8 Å². The van der Waals surface area contributed by atoms with E-state index in [1.165, 1.54) is 0 Å². The lowest BCUT2D eigenvalue weighted by molar-refractivity contribution is 0.0994. The fraction of sp³-hybridized carbons (Fsp3) is 0.111. The molecule has 3 aromatic heterocycles. The van der Waals surface area contributed by atoms with Gasteiger partial charge in [-0.2, -0.15) is 0 Å². The summed E-state index contributed by atoms with van der Waals surface area (Å²) in [7, 11) is 0. The predicted octanol–water partition coefficient (Wildman–Crippen LogP) is 4.02. The first kappa shape index (κ1) is 16.5. The summed E-state index contributed by atoms with van der Waals surface area (Å²) in [5, 5.41) is 2.84. The summed E-state index contributed by atoms with van der Waals surface area (Å²) in [4.78, 5) is 25.3. The molecule has 130 valence electrons. The van der Waals surface area contributed by atoms with Gasteiger partial charge in [0.1, 0.15) is 0 Å². The quantitative estimate of drug-likeness (QED) is 0.550. The van der Waals surface area contributed by atoms with Crippen molar-refractivity contribution in [2.45, 2.75) is 13.8 Å². The Morgan fingerprint density at radius 1 is 1.23 bits per heavy atom. The Labute approximate surface area is 157 Å². The van der Waals surface area contributed by atoms with E-state index in [-0.39, 0.29) is 11.7 Å². The van der Waals surface area contributed by atoms with Crippen LogP contribution in [0.4, 0.5) is 5.69 Å². The zero-order valence-corrected chi connectivity index (χ0v) is 15.6. The lowest BCUT2D eigenvalue weighted by Gasteiger charge is -2.05. The van der Waals surface area contributed by atoms with Crippen molar-refractivity contribution < 1.29 is 9.21 Å². The van der Waals surface area contributed by atoms with E-state index in [9.17, 15) is 4.79 Å². The van der Waals surface area contributed by atoms with Crippen LogP contribution in [0.15, 0.2) is 51.7 Å². The van der Waals surface area contributed by atoms with Crippen LogP contribution in [-0.4, -0.2) is 25.3 Å². The first-order valence-corrected chi connectivity index (χ1v) is 8.65. The molecule has 0 fully saturated rings. The third kappa shape index (κ3) is 3.11. The summed E-state index contributed by atoms with van der Waals surface area (Å²) in [6.45, 7) is 3.45. The molecule has 0 atom stereocenters. The number of aryl methyl sites for hydroxylation is 2. The van der Waals surface area contributed by atoms with Gasteiger partial charge in [-0.15, -0.1) is 0 Å². The number of hydrogen-bond donors (Lipinski definition) is 1. The van der Waals surface area contributed by atoms with Crippen LogP contribution in [0.3, 0.4) is 0 Å². The van der Waals surface area contributed by atoms with Crippen LogP contribution < -0.4 is 5.32 Å². The Morgan fingerprint density at radius 2 is 2.08 bits per heavy atom. The molecule has 0 saturated carbocycles. The maximum Gasteiger partial charge on any atom is 0.293 e. The SMILES string of the molecule is Cc1nc(C)c(C(=O)Nc2cccc(-c3cn4cc(Br)cnc4n3)c2)o1. The molecule has 0 aliphatic heterocycles. The molecule has 0 saturated heterocycles. The van der Waals surface area contributed by atoms with Gasteiger partial charge in [0.15, 0.2) is 5.89 Å². The number of benzene rings is 1.